The summed E-state index contributed by atoms with van der Waals surface area (Å²) in [6, 6.07) is 7.91. The molecule has 0 bridgehead atoms. The maximum atomic E-state index is 15.6. The Morgan fingerprint density at radius 3 is 2.37 bits per heavy atom. The second-order valence-electron chi connectivity index (χ2n) is 7.04. The molecule has 0 spiro atoms. The third-order valence-electron chi connectivity index (χ3n) is 5.13. The summed E-state index contributed by atoms with van der Waals surface area (Å²) in [7, 11) is 0. The van der Waals surface area contributed by atoms with Crippen molar-refractivity contribution in [3.63, 3.8) is 0 Å². The average molecular weight is 436 g/mol. The molecule has 0 atom stereocenters. The maximum Gasteiger partial charge on any atom is 0.341 e. The highest BCUT2D eigenvalue weighted by atomic mass is 35.5. The molecule has 6 nitrogen and oxygen atoms in total. The first kappa shape index (κ1) is 21.7. The highest BCUT2D eigenvalue weighted by molar-refractivity contribution is 5.94. The van der Waals surface area contributed by atoms with Gasteiger partial charge in [-0.05, 0) is 25.1 Å². The Morgan fingerprint density at radius 1 is 1.13 bits per heavy atom. The summed E-state index contributed by atoms with van der Waals surface area (Å²) in [5.74, 6) is -3.21. The molecule has 1 saturated heterocycles. The topological polar surface area (TPSA) is 74.6 Å². The Balaban J connectivity index is 0.00000256. The van der Waals surface area contributed by atoms with E-state index >= 15 is 4.39 Å². The summed E-state index contributed by atoms with van der Waals surface area (Å²) in [6.07, 6.45) is 1.10. The van der Waals surface area contributed by atoms with Crippen molar-refractivity contribution in [1.82, 2.24) is 9.88 Å². The molecule has 4 rings (SSSR count). The van der Waals surface area contributed by atoms with Crippen LogP contribution in [0, 0.1) is 18.6 Å². The van der Waals surface area contributed by atoms with Gasteiger partial charge < -0.3 is 19.9 Å². The number of aryl methyl sites for hydroxylation is 1. The minimum Gasteiger partial charge on any atom is -0.477 e. The molecule has 158 valence electrons. The smallest absolute Gasteiger partial charge is 0.341 e. The first-order chi connectivity index (χ1) is 13.9. The molecular weight excluding hydrogens is 416 g/mol. The molecule has 0 radical (unpaired) electrons. The number of nitrogens with zero attached hydrogens (tertiary/aromatic N) is 2. The van der Waals surface area contributed by atoms with Crippen molar-refractivity contribution in [3.8, 4) is 5.69 Å². The zero-order valence-corrected chi connectivity index (χ0v) is 16.9. The van der Waals surface area contributed by atoms with Crippen LogP contribution in [0.25, 0.3) is 16.6 Å². The molecule has 30 heavy (non-hydrogen) atoms. The number of nitrogens with one attached hydrogen (secondary N) is 1. The van der Waals surface area contributed by atoms with Gasteiger partial charge in [0.1, 0.15) is 17.1 Å². The summed E-state index contributed by atoms with van der Waals surface area (Å²) in [6.45, 7) is 3.89. The number of carbonyl (C=O) groups is 1. The van der Waals surface area contributed by atoms with Crippen LogP contribution < -0.4 is 15.6 Å². The van der Waals surface area contributed by atoms with Crippen LogP contribution in [-0.4, -0.2) is 41.8 Å². The van der Waals surface area contributed by atoms with E-state index in [1.165, 1.54) is 4.57 Å². The molecule has 1 aliphatic heterocycles. The number of anilines is 1. The largest absolute Gasteiger partial charge is 0.477 e. The monoisotopic (exact) mass is 435 g/mol. The predicted molar refractivity (Wildman–Crippen MR) is 113 cm³/mol. The fourth-order valence-electron chi connectivity index (χ4n) is 3.64. The Hall–Kier alpha value is -2.97. The number of carboxylic acid groups (broad SMARTS) is 1. The zero-order chi connectivity index (χ0) is 20.7. The van der Waals surface area contributed by atoms with Gasteiger partial charge in [0.15, 0.2) is 5.82 Å². The lowest BCUT2D eigenvalue weighted by molar-refractivity contribution is 0.0695. The molecule has 0 amide bonds. The molecule has 1 fully saturated rings. The van der Waals surface area contributed by atoms with Gasteiger partial charge in [0.25, 0.3) is 0 Å². The molecule has 1 aromatic heterocycles. The predicted octanol–water partition coefficient (Wildman–Crippen LogP) is 3.11. The molecule has 0 saturated carbocycles. The lowest BCUT2D eigenvalue weighted by Gasteiger charge is -2.30. The average Bonchev–Trinajstić information content (AvgIpc) is 2.70. The SMILES string of the molecule is Cc1ccc(-n2cc(C(=O)O)c(=O)c3cc(F)c(N4CCNCC4)c(F)c32)cc1.Cl. The van der Waals surface area contributed by atoms with Crippen molar-refractivity contribution >= 4 is 35.0 Å². The second kappa shape index (κ2) is 8.41. The van der Waals surface area contributed by atoms with E-state index in [1.54, 1.807) is 29.2 Å². The molecule has 3 aromatic rings. The fraction of sp³-hybridized carbons (Fsp3) is 0.238. The van der Waals surface area contributed by atoms with Gasteiger partial charge in [-0.25, -0.2) is 13.6 Å². The van der Waals surface area contributed by atoms with E-state index in [-0.39, 0.29) is 29.0 Å². The van der Waals surface area contributed by atoms with Crippen LogP contribution in [0.4, 0.5) is 14.5 Å². The molecular formula is C21H20ClF2N3O3. The number of hydrogen-bond donors (Lipinski definition) is 2. The number of rotatable bonds is 3. The van der Waals surface area contributed by atoms with Gasteiger partial charge in [-0.3, -0.25) is 4.79 Å². The van der Waals surface area contributed by atoms with Crippen LogP contribution in [0.5, 0.6) is 0 Å². The third-order valence-corrected chi connectivity index (χ3v) is 5.13. The van der Waals surface area contributed by atoms with Crippen molar-refractivity contribution in [2.24, 2.45) is 0 Å². The molecule has 1 aliphatic rings. The van der Waals surface area contributed by atoms with E-state index < -0.39 is 28.6 Å². The van der Waals surface area contributed by atoms with Crippen molar-refractivity contribution in [3.05, 3.63) is 69.5 Å². The van der Waals surface area contributed by atoms with Crippen molar-refractivity contribution in [2.75, 3.05) is 31.1 Å². The standard InChI is InChI=1S/C21H19F2N3O3.ClH/c1-12-2-4-13(5-3-12)26-11-15(21(28)29)20(27)14-10-16(22)19(17(23)18(14)26)25-8-6-24-7-9-25;/h2-5,10-11,24H,6-9H2,1H3,(H,28,29);1H. The van der Waals surface area contributed by atoms with Crippen LogP contribution in [0.1, 0.15) is 15.9 Å². The number of halogens is 3. The van der Waals surface area contributed by atoms with Gasteiger partial charge in [0, 0.05) is 38.1 Å². The van der Waals surface area contributed by atoms with Gasteiger partial charge in [0.05, 0.1) is 10.9 Å². The summed E-state index contributed by atoms with van der Waals surface area (Å²) < 4.78 is 31.8. The maximum absolute atomic E-state index is 15.6. The Bertz CT molecular complexity index is 1170. The van der Waals surface area contributed by atoms with E-state index in [1.807, 2.05) is 6.92 Å². The van der Waals surface area contributed by atoms with Crippen LogP contribution >= 0.6 is 12.4 Å². The van der Waals surface area contributed by atoms with Gasteiger partial charge in [-0.2, -0.15) is 0 Å². The number of carboxylic acids is 1. The minimum atomic E-state index is -1.45. The fourth-order valence-corrected chi connectivity index (χ4v) is 3.64. The van der Waals surface area contributed by atoms with Gasteiger partial charge in [0.2, 0.25) is 5.43 Å². The van der Waals surface area contributed by atoms with Gasteiger partial charge >= 0.3 is 5.97 Å². The number of fused-ring (bicyclic) bond motifs is 1. The molecule has 9 heteroatoms. The van der Waals surface area contributed by atoms with Gasteiger partial charge in [-0.15, -0.1) is 12.4 Å². The highest BCUT2D eigenvalue weighted by Gasteiger charge is 2.26. The summed E-state index contributed by atoms with van der Waals surface area (Å²) in [5, 5.41) is 12.2. The molecule has 2 aromatic carbocycles. The number of pyridine rings is 1. The van der Waals surface area contributed by atoms with Crippen molar-refractivity contribution in [2.45, 2.75) is 6.92 Å². The molecule has 2 N–H and O–H groups in total. The van der Waals surface area contributed by atoms with Crippen LogP contribution in [0.15, 0.2) is 41.3 Å². The normalized spacial score (nSPS) is 13.9. The first-order valence-electron chi connectivity index (χ1n) is 9.22. The number of piperazine rings is 1. The number of benzene rings is 2. The Kier molecular flexibility index (Phi) is 6.09. The number of hydrogen-bond acceptors (Lipinski definition) is 4. The van der Waals surface area contributed by atoms with E-state index in [2.05, 4.69) is 5.32 Å². The number of aromatic carboxylic acids is 1. The quantitative estimate of drug-likeness (QED) is 0.661. The van der Waals surface area contributed by atoms with Crippen molar-refractivity contribution in [1.29, 1.82) is 0 Å². The third kappa shape index (κ3) is 3.64. The first-order valence-corrected chi connectivity index (χ1v) is 9.22. The Morgan fingerprint density at radius 2 is 1.77 bits per heavy atom. The summed E-state index contributed by atoms with van der Waals surface area (Å²) >= 11 is 0. The molecule has 0 aliphatic carbocycles. The lowest BCUT2D eigenvalue weighted by atomic mass is 10.1. The van der Waals surface area contributed by atoms with E-state index in [4.69, 9.17) is 0 Å². The Labute approximate surface area is 177 Å². The summed E-state index contributed by atoms with van der Waals surface area (Å²) in [4.78, 5) is 25.8. The van der Waals surface area contributed by atoms with Gasteiger partial charge in [-0.1, -0.05) is 17.7 Å². The van der Waals surface area contributed by atoms with Crippen LogP contribution in [-0.2, 0) is 0 Å². The van der Waals surface area contributed by atoms with E-state index in [0.29, 0.717) is 31.9 Å². The zero-order valence-electron chi connectivity index (χ0n) is 16.1. The number of aromatic nitrogens is 1. The highest BCUT2D eigenvalue weighted by Crippen LogP contribution is 2.31. The van der Waals surface area contributed by atoms with Crippen LogP contribution in [0.3, 0.4) is 0 Å². The summed E-state index contributed by atoms with van der Waals surface area (Å²) in [5.41, 5.74) is -0.376. The van der Waals surface area contributed by atoms with E-state index in [9.17, 15) is 19.1 Å². The van der Waals surface area contributed by atoms with E-state index in [0.717, 1.165) is 17.8 Å². The lowest BCUT2D eigenvalue weighted by Crippen LogP contribution is -2.44. The molecule has 2 heterocycles. The van der Waals surface area contributed by atoms with Crippen molar-refractivity contribution < 1.29 is 18.7 Å². The van der Waals surface area contributed by atoms with Crippen LogP contribution in [0.2, 0.25) is 0 Å². The minimum absolute atomic E-state index is 0. The molecule has 0 unspecified atom stereocenters. The second-order valence-corrected chi connectivity index (χ2v) is 7.04.